The molecular weight excluding hydrogens is 332 g/mol. The van der Waals surface area contributed by atoms with E-state index in [1.54, 1.807) is 6.07 Å². The number of pyridine rings is 2. The molecule has 104 valence electrons. The highest BCUT2D eigenvalue weighted by molar-refractivity contribution is 9.10. The molecule has 0 spiro atoms. The lowest BCUT2D eigenvalue weighted by atomic mass is 10.1. The second kappa shape index (κ2) is 5.05. The van der Waals surface area contributed by atoms with Crippen LogP contribution in [-0.4, -0.2) is 15.9 Å². The molecule has 0 bridgehead atoms. The number of halogens is 3. The lowest BCUT2D eigenvalue weighted by Crippen LogP contribution is -2.14. The maximum Gasteiger partial charge on any atom is 0.281 e. The molecule has 0 aliphatic heterocycles. The van der Waals surface area contributed by atoms with Gasteiger partial charge in [0.05, 0.1) is 0 Å². The molecule has 7 heteroatoms. The Labute approximate surface area is 121 Å². The molecule has 2 heterocycles. The highest BCUT2D eigenvalue weighted by Gasteiger charge is 2.29. The molecule has 2 aromatic rings. The minimum Gasteiger partial charge on any atom is -0.310 e. The van der Waals surface area contributed by atoms with Crippen molar-refractivity contribution >= 4 is 38.4 Å². The molecule has 4 nitrogen and oxygen atoms in total. The number of alkyl halides is 2. The van der Waals surface area contributed by atoms with Crippen LogP contribution in [0.5, 0.6) is 0 Å². The summed E-state index contributed by atoms with van der Waals surface area (Å²) in [5.74, 6) is 0.350. The monoisotopic (exact) mass is 341 g/mol. The summed E-state index contributed by atoms with van der Waals surface area (Å²) in [6.45, 7) is 0. The third-order valence-electron chi connectivity index (χ3n) is 3.16. The minimum atomic E-state index is -2.67. The van der Waals surface area contributed by atoms with E-state index < -0.39 is 6.43 Å². The van der Waals surface area contributed by atoms with Crippen molar-refractivity contribution in [1.29, 1.82) is 0 Å². The molecule has 1 amide bonds. The van der Waals surface area contributed by atoms with E-state index in [0.29, 0.717) is 15.7 Å². The fourth-order valence-corrected chi connectivity index (χ4v) is 2.37. The predicted octanol–water partition coefficient (Wildman–Crippen LogP) is 3.68. The van der Waals surface area contributed by atoms with E-state index in [1.807, 2.05) is 0 Å². The van der Waals surface area contributed by atoms with Crippen LogP contribution in [0.2, 0.25) is 0 Å². The number of carbonyl (C=O) groups is 1. The number of aromatic nitrogens is 2. The zero-order valence-electron chi connectivity index (χ0n) is 10.2. The average molecular weight is 342 g/mol. The Morgan fingerprint density at radius 1 is 1.30 bits per heavy atom. The Bertz CT molecular complexity index is 689. The van der Waals surface area contributed by atoms with E-state index in [0.717, 1.165) is 12.8 Å². The van der Waals surface area contributed by atoms with E-state index in [9.17, 15) is 13.6 Å². The number of amides is 1. The molecule has 2 aromatic heterocycles. The van der Waals surface area contributed by atoms with Crippen LogP contribution < -0.4 is 5.32 Å². The standard InChI is InChI=1S/C13H10BrF2N3O/c14-9-5-18-11(12(15)16)8-4-17-10(3-7(8)9)19-13(20)6-1-2-6/h3-6,12H,1-2H2,(H,17,19,20). The number of hydrogen-bond donors (Lipinski definition) is 1. The van der Waals surface area contributed by atoms with Crippen molar-refractivity contribution in [2.75, 3.05) is 5.32 Å². The molecule has 1 saturated carbocycles. The first-order chi connectivity index (χ1) is 9.56. The molecule has 1 aliphatic rings. The number of anilines is 1. The summed E-state index contributed by atoms with van der Waals surface area (Å²) < 4.78 is 26.3. The smallest absolute Gasteiger partial charge is 0.281 e. The predicted molar refractivity (Wildman–Crippen MR) is 73.5 cm³/mol. The van der Waals surface area contributed by atoms with Crippen LogP contribution in [0.25, 0.3) is 10.8 Å². The van der Waals surface area contributed by atoms with Crippen molar-refractivity contribution in [3.8, 4) is 0 Å². The molecule has 1 aliphatic carbocycles. The summed E-state index contributed by atoms with van der Waals surface area (Å²) in [6.07, 6.45) is 1.76. The van der Waals surface area contributed by atoms with Crippen LogP contribution in [0, 0.1) is 5.92 Å². The van der Waals surface area contributed by atoms with Crippen LogP contribution in [0.1, 0.15) is 25.0 Å². The van der Waals surface area contributed by atoms with Gasteiger partial charge in [0.2, 0.25) is 5.91 Å². The van der Waals surface area contributed by atoms with Crippen molar-refractivity contribution in [2.45, 2.75) is 19.3 Å². The zero-order chi connectivity index (χ0) is 14.3. The quantitative estimate of drug-likeness (QED) is 0.926. The Hall–Kier alpha value is -1.63. The van der Waals surface area contributed by atoms with Gasteiger partial charge in [-0.2, -0.15) is 0 Å². The van der Waals surface area contributed by atoms with Crippen LogP contribution in [0.3, 0.4) is 0 Å². The number of hydrogen-bond acceptors (Lipinski definition) is 3. The molecule has 0 radical (unpaired) electrons. The van der Waals surface area contributed by atoms with Gasteiger partial charge in [0.1, 0.15) is 11.5 Å². The third kappa shape index (κ3) is 2.49. The van der Waals surface area contributed by atoms with E-state index in [-0.39, 0.29) is 22.9 Å². The largest absolute Gasteiger partial charge is 0.310 e. The van der Waals surface area contributed by atoms with Gasteiger partial charge in [-0.15, -0.1) is 0 Å². The maximum atomic E-state index is 12.9. The van der Waals surface area contributed by atoms with Crippen LogP contribution in [0.15, 0.2) is 22.9 Å². The van der Waals surface area contributed by atoms with Crippen molar-refractivity contribution < 1.29 is 13.6 Å². The van der Waals surface area contributed by atoms with Gasteiger partial charge < -0.3 is 5.32 Å². The maximum absolute atomic E-state index is 12.9. The Morgan fingerprint density at radius 3 is 2.70 bits per heavy atom. The summed E-state index contributed by atoms with van der Waals surface area (Å²) in [5, 5.41) is 3.52. The number of carbonyl (C=O) groups excluding carboxylic acids is 1. The summed E-state index contributed by atoms with van der Waals surface area (Å²) >= 11 is 3.27. The Morgan fingerprint density at radius 2 is 2.05 bits per heavy atom. The highest BCUT2D eigenvalue weighted by atomic mass is 79.9. The summed E-state index contributed by atoms with van der Waals surface area (Å²) in [5.41, 5.74) is -0.309. The molecule has 0 aromatic carbocycles. The van der Waals surface area contributed by atoms with Crippen LogP contribution in [0.4, 0.5) is 14.6 Å². The van der Waals surface area contributed by atoms with Crippen LogP contribution in [-0.2, 0) is 4.79 Å². The second-order valence-corrected chi connectivity index (χ2v) is 5.53. The molecule has 1 N–H and O–H groups in total. The first-order valence-electron chi connectivity index (χ1n) is 6.09. The van der Waals surface area contributed by atoms with Gasteiger partial charge in [0.15, 0.2) is 0 Å². The lowest BCUT2D eigenvalue weighted by Gasteiger charge is -2.09. The Balaban J connectivity index is 2.01. The molecular formula is C13H10BrF2N3O. The van der Waals surface area contributed by atoms with E-state index in [1.165, 1.54) is 12.4 Å². The van der Waals surface area contributed by atoms with Crippen molar-refractivity contribution in [3.05, 3.63) is 28.6 Å². The number of fused-ring (bicyclic) bond motifs is 1. The molecule has 20 heavy (non-hydrogen) atoms. The Kier molecular flexibility index (Phi) is 3.37. The van der Waals surface area contributed by atoms with Gasteiger partial charge in [-0.05, 0) is 34.8 Å². The van der Waals surface area contributed by atoms with E-state index >= 15 is 0 Å². The van der Waals surface area contributed by atoms with Gasteiger partial charge in [-0.1, -0.05) is 0 Å². The van der Waals surface area contributed by atoms with Gasteiger partial charge in [0, 0.05) is 33.6 Å². The number of nitrogens with zero attached hydrogens (tertiary/aromatic N) is 2. The fraction of sp³-hybridized carbons (Fsp3) is 0.308. The van der Waals surface area contributed by atoms with Crippen LogP contribution >= 0.6 is 15.9 Å². The van der Waals surface area contributed by atoms with Gasteiger partial charge in [0.25, 0.3) is 6.43 Å². The fourth-order valence-electron chi connectivity index (χ4n) is 1.94. The normalized spacial score (nSPS) is 14.8. The summed E-state index contributed by atoms with van der Waals surface area (Å²) in [4.78, 5) is 19.4. The zero-order valence-corrected chi connectivity index (χ0v) is 11.8. The number of rotatable bonds is 3. The molecule has 3 rings (SSSR count). The van der Waals surface area contributed by atoms with Crippen molar-refractivity contribution in [1.82, 2.24) is 9.97 Å². The molecule has 0 saturated heterocycles. The van der Waals surface area contributed by atoms with Crippen molar-refractivity contribution in [3.63, 3.8) is 0 Å². The molecule has 1 fully saturated rings. The summed E-state index contributed by atoms with van der Waals surface area (Å²) in [6, 6.07) is 1.58. The first-order valence-corrected chi connectivity index (χ1v) is 6.88. The third-order valence-corrected chi connectivity index (χ3v) is 3.79. The second-order valence-electron chi connectivity index (χ2n) is 4.67. The summed E-state index contributed by atoms with van der Waals surface area (Å²) in [7, 11) is 0. The number of nitrogens with one attached hydrogen (secondary N) is 1. The SMILES string of the molecule is O=C(Nc1cc2c(Br)cnc(C(F)F)c2cn1)C1CC1. The minimum absolute atomic E-state index is 0.0602. The van der Waals surface area contributed by atoms with Gasteiger partial charge in [-0.3, -0.25) is 9.78 Å². The topological polar surface area (TPSA) is 54.9 Å². The average Bonchev–Trinajstić information content (AvgIpc) is 3.23. The lowest BCUT2D eigenvalue weighted by molar-refractivity contribution is -0.117. The highest BCUT2D eigenvalue weighted by Crippen LogP contribution is 2.33. The van der Waals surface area contributed by atoms with Gasteiger partial charge in [-0.25, -0.2) is 13.8 Å². The first kappa shape index (κ1) is 13.4. The molecule has 0 atom stereocenters. The van der Waals surface area contributed by atoms with Gasteiger partial charge >= 0.3 is 0 Å². The van der Waals surface area contributed by atoms with Crippen molar-refractivity contribution in [2.24, 2.45) is 5.92 Å². The van der Waals surface area contributed by atoms with E-state index in [4.69, 9.17) is 0 Å². The van der Waals surface area contributed by atoms with E-state index in [2.05, 4.69) is 31.2 Å². The molecule has 0 unspecified atom stereocenters.